The van der Waals surface area contributed by atoms with E-state index in [9.17, 15) is 9.59 Å². The van der Waals surface area contributed by atoms with Gasteiger partial charge in [-0.3, -0.25) is 9.59 Å². The predicted molar refractivity (Wildman–Crippen MR) is 146 cm³/mol. The smallest absolute Gasteiger partial charge is 0.268 e. The Morgan fingerprint density at radius 1 is 1.08 bits per heavy atom. The van der Waals surface area contributed by atoms with Crippen LogP contribution in [-0.2, 0) is 16.0 Å². The summed E-state index contributed by atoms with van der Waals surface area (Å²) in [5.41, 5.74) is 8.56. The topological polar surface area (TPSA) is 93.8 Å². The fourth-order valence-corrected chi connectivity index (χ4v) is 3.97. The summed E-state index contributed by atoms with van der Waals surface area (Å²) >= 11 is 0. The normalized spacial score (nSPS) is 14.5. The number of carbonyl (C=O) groups excluding carboxylic acids is 2. The van der Waals surface area contributed by atoms with Crippen LogP contribution in [0.2, 0.25) is 0 Å². The second-order valence-electron chi connectivity index (χ2n) is 10.4. The van der Waals surface area contributed by atoms with Crippen molar-refractivity contribution in [3.8, 4) is 18.1 Å². The van der Waals surface area contributed by atoms with Gasteiger partial charge in [-0.05, 0) is 56.9 Å². The molecule has 0 radical (unpaired) electrons. The number of rotatable bonds is 10. The maximum Gasteiger partial charge on any atom is 0.268 e. The molecule has 3 N–H and O–H groups in total. The van der Waals surface area contributed by atoms with Crippen molar-refractivity contribution in [1.29, 1.82) is 0 Å². The van der Waals surface area contributed by atoms with Gasteiger partial charge in [0.25, 0.3) is 5.91 Å². The van der Waals surface area contributed by atoms with Crippen LogP contribution in [0.4, 0.5) is 0 Å². The van der Waals surface area contributed by atoms with Crippen LogP contribution in [0.3, 0.4) is 0 Å². The van der Waals surface area contributed by atoms with E-state index in [2.05, 4.69) is 16.2 Å². The van der Waals surface area contributed by atoms with Crippen molar-refractivity contribution >= 4 is 17.5 Å². The quantitative estimate of drug-likeness (QED) is 0.368. The highest BCUT2D eigenvalue weighted by molar-refractivity contribution is 5.99. The number of terminal acetylenes is 1. The van der Waals surface area contributed by atoms with Crippen LogP contribution in [-0.4, -0.2) is 29.2 Å². The van der Waals surface area contributed by atoms with E-state index in [-0.39, 0.29) is 23.8 Å². The number of aliphatic imine (C=N–C) groups is 1. The fourth-order valence-electron chi connectivity index (χ4n) is 3.97. The van der Waals surface area contributed by atoms with E-state index < -0.39 is 23.9 Å². The van der Waals surface area contributed by atoms with Gasteiger partial charge in [-0.15, -0.1) is 12.3 Å². The van der Waals surface area contributed by atoms with Crippen molar-refractivity contribution in [2.24, 2.45) is 22.6 Å². The lowest BCUT2D eigenvalue weighted by atomic mass is 9.84. The number of carbonyl (C=O) groups is 2. The predicted octanol–water partition coefficient (Wildman–Crippen LogP) is 4.87. The number of benzene rings is 2. The SMILES string of the molecule is C#CCC(C)=NC(=O)[C@H](Cc1ccccc1)NC(=O)[C@@H](C(C)C)C(N)c1ccc(OC(C)(C)C)cc1. The molecule has 0 heterocycles. The molecule has 36 heavy (non-hydrogen) atoms. The zero-order valence-corrected chi connectivity index (χ0v) is 22.2. The monoisotopic (exact) mass is 489 g/mol. The molecule has 1 unspecified atom stereocenters. The van der Waals surface area contributed by atoms with Gasteiger partial charge in [0, 0.05) is 24.6 Å². The Morgan fingerprint density at radius 2 is 1.69 bits per heavy atom. The lowest BCUT2D eigenvalue weighted by Crippen LogP contribution is -2.48. The molecule has 0 fully saturated rings. The Labute approximate surface area is 215 Å². The van der Waals surface area contributed by atoms with E-state index in [1.807, 2.05) is 89.2 Å². The Bertz CT molecular complexity index is 1080. The van der Waals surface area contributed by atoms with Gasteiger partial charge in [0.15, 0.2) is 0 Å². The second-order valence-corrected chi connectivity index (χ2v) is 10.4. The molecule has 2 aromatic carbocycles. The molecule has 192 valence electrons. The van der Waals surface area contributed by atoms with Crippen molar-refractivity contribution in [1.82, 2.24) is 5.32 Å². The molecule has 3 atom stereocenters. The van der Waals surface area contributed by atoms with Crippen molar-refractivity contribution in [2.45, 2.75) is 72.1 Å². The molecule has 0 saturated carbocycles. The first-order valence-electron chi connectivity index (χ1n) is 12.3. The molecule has 0 aliphatic carbocycles. The fraction of sp³-hybridized carbons (Fsp3) is 0.433. The first kappa shape index (κ1) is 28.8. The largest absolute Gasteiger partial charge is 0.488 e. The molecule has 0 aliphatic heterocycles. The number of amides is 2. The minimum atomic E-state index is -0.830. The number of nitrogens with zero attached hydrogens (tertiary/aromatic N) is 1. The van der Waals surface area contributed by atoms with Gasteiger partial charge in [-0.1, -0.05) is 56.3 Å². The average molecular weight is 490 g/mol. The van der Waals surface area contributed by atoms with E-state index >= 15 is 0 Å². The molecular weight excluding hydrogens is 450 g/mol. The first-order valence-corrected chi connectivity index (χ1v) is 12.3. The van der Waals surface area contributed by atoms with Gasteiger partial charge in [0.2, 0.25) is 5.91 Å². The van der Waals surface area contributed by atoms with Crippen molar-refractivity contribution in [2.75, 3.05) is 0 Å². The van der Waals surface area contributed by atoms with Crippen LogP contribution >= 0.6 is 0 Å². The minimum absolute atomic E-state index is 0.0651. The summed E-state index contributed by atoms with van der Waals surface area (Å²) in [6, 6.07) is 15.6. The van der Waals surface area contributed by atoms with E-state index in [1.165, 1.54) is 0 Å². The Kier molecular flexibility index (Phi) is 10.4. The average Bonchev–Trinajstić information content (AvgIpc) is 2.78. The van der Waals surface area contributed by atoms with Crippen molar-refractivity contribution in [3.05, 3.63) is 65.7 Å². The van der Waals surface area contributed by atoms with Crippen LogP contribution in [0.15, 0.2) is 59.6 Å². The van der Waals surface area contributed by atoms with E-state index in [4.69, 9.17) is 16.9 Å². The Morgan fingerprint density at radius 3 is 2.22 bits per heavy atom. The molecule has 2 aromatic rings. The molecule has 6 heteroatoms. The molecule has 0 saturated heterocycles. The third-order valence-electron chi connectivity index (χ3n) is 5.65. The summed E-state index contributed by atoms with van der Waals surface area (Å²) in [7, 11) is 0. The second kappa shape index (κ2) is 13.0. The first-order chi connectivity index (χ1) is 16.9. The lowest BCUT2D eigenvalue weighted by Gasteiger charge is -2.29. The highest BCUT2D eigenvalue weighted by Crippen LogP contribution is 2.29. The minimum Gasteiger partial charge on any atom is -0.488 e. The molecule has 0 bridgehead atoms. The number of hydrogen-bond donors (Lipinski definition) is 2. The van der Waals surface area contributed by atoms with Gasteiger partial charge < -0.3 is 15.8 Å². The van der Waals surface area contributed by atoms with E-state index in [0.717, 1.165) is 16.9 Å². The van der Waals surface area contributed by atoms with Crippen LogP contribution < -0.4 is 15.8 Å². The van der Waals surface area contributed by atoms with Crippen molar-refractivity contribution < 1.29 is 14.3 Å². The summed E-state index contributed by atoms with van der Waals surface area (Å²) in [5, 5.41) is 2.94. The summed E-state index contributed by atoms with van der Waals surface area (Å²) in [5.74, 6) is 1.89. The van der Waals surface area contributed by atoms with Gasteiger partial charge >= 0.3 is 0 Å². The van der Waals surface area contributed by atoms with E-state index in [0.29, 0.717) is 12.1 Å². The van der Waals surface area contributed by atoms with Gasteiger partial charge in [0.05, 0.1) is 5.92 Å². The highest BCUT2D eigenvalue weighted by Gasteiger charge is 2.33. The zero-order chi connectivity index (χ0) is 26.9. The third kappa shape index (κ3) is 8.98. The highest BCUT2D eigenvalue weighted by atomic mass is 16.5. The summed E-state index contributed by atoms with van der Waals surface area (Å²) in [4.78, 5) is 30.7. The summed E-state index contributed by atoms with van der Waals surface area (Å²) < 4.78 is 5.89. The number of nitrogens with one attached hydrogen (secondary N) is 1. The number of nitrogens with two attached hydrogens (primary N) is 1. The molecule has 6 nitrogen and oxygen atoms in total. The summed E-state index contributed by atoms with van der Waals surface area (Å²) in [6.45, 7) is 11.6. The molecule has 2 amide bonds. The van der Waals surface area contributed by atoms with Crippen LogP contribution in [0.1, 0.15) is 65.1 Å². The third-order valence-corrected chi connectivity index (χ3v) is 5.65. The maximum atomic E-state index is 13.5. The molecule has 0 spiro atoms. The lowest BCUT2D eigenvalue weighted by molar-refractivity contribution is -0.131. The summed E-state index contributed by atoms with van der Waals surface area (Å²) in [6.07, 6.45) is 5.94. The Balaban J connectivity index is 2.27. The number of hydrogen-bond acceptors (Lipinski definition) is 4. The Hall–Kier alpha value is -3.43. The number of ether oxygens (including phenoxy) is 1. The maximum absolute atomic E-state index is 13.5. The van der Waals surface area contributed by atoms with Crippen molar-refractivity contribution in [3.63, 3.8) is 0 Å². The van der Waals surface area contributed by atoms with Crippen LogP contribution in [0, 0.1) is 24.2 Å². The molecule has 2 rings (SSSR count). The molecular formula is C30H39N3O3. The zero-order valence-electron chi connectivity index (χ0n) is 22.2. The standard InChI is InChI=1S/C30H39N3O3/c1-8-12-21(4)32-28(34)25(19-22-13-10-9-11-14-22)33-29(35)26(20(2)3)27(31)23-15-17-24(18-16-23)36-30(5,6)7/h1,9-11,13-18,20,25-27H,12,19,31H2,2-7H3,(H,33,35)/t25-,26-,27?/m0/s1. The van der Waals surface area contributed by atoms with Gasteiger partial charge in [0.1, 0.15) is 17.4 Å². The van der Waals surface area contributed by atoms with Crippen LogP contribution in [0.25, 0.3) is 0 Å². The van der Waals surface area contributed by atoms with Gasteiger partial charge in [-0.25, -0.2) is 4.99 Å². The van der Waals surface area contributed by atoms with Gasteiger partial charge in [-0.2, -0.15) is 0 Å². The molecule has 0 aromatic heterocycles. The van der Waals surface area contributed by atoms with Crippen LogP contribution in [0.5, 0.6) is 5.75 Å². The van der Waals surface area contributed by atoms with E-state index in [1.54, 1.807) is 6.92 Å². The molecule has 0 aliphatic rings.